The molecule has 0 saturated heterocycles. The number of ketones is 2. The summed E-state index contributed by atoms with van der Waals surface area (Å²) >= 11 is 0. The summed E-state index contributed by atoms with van der Waals surface area (Å²) in [7, 11) is 2.77. The van der Waals surface area contributed by atoms with E-state index in [1.54, 1.807) is 19.3 Å². The van der Waals surface area contributed by atoms with E-state index in [4.69, 9.17) is 14.2 Å². The predicted molar refractivity (Wildman–Crippen MR) is 115 cm³/mol. The third kappa shape index (κ3) is 6.71. The van der Waals surface area contributed by atoms with Gasteiger partial charge in [-0.1, -0.05) is 38.5 Å². The highest BCUT2D eigenvalue weighted by atomic mass is 16.5. The summed E-state index contributed by atoms with van der Waals surface area (Å²) in [6, 6.07) is 3.80. The number of rotatable bonds is 14. The van der Waals surface area contributed by atoms with Crippen LogP contribution in [0.25, 0.3) is 0 Å². The highest BCUT2D eigenvalue weighted by Gasteiger charge is 2.34. The molecule has 0 radical (unpaired) electrons. The van der Waals surface area contributed by atoms with Crippen molar-refractivity contribution in [3.05, 3.63) is 47.2 Å². The van der Waals surface area contributed by atoms with E-state index in [1.165, 1.54) is 33.5 Å². The van der Waals surface area contributed by atoms with Crippen LogP contribution >= 0.6 is 0 Å². The molecule has 0 bridgehead atoms. The van der Waals surface area contributed by atoms with Gasteiger partial charge in [0, 0.05) is 17.3 Å². The Kier molecular flexibility index (Phi) is 10.1. The molecule has 1 aliphatic rings. The lowest BCUT2D eigenvalue weighted by molar-refractivity contribution is -0.121. The Balaban J connectivity index is 1.56. The van der Waals surface area contributed by atoms with Crippen LogP contribution in [-0.2, 0) is 19.1 Å². The second kappa shape index (κ2) is 12.8. The lowest BCUT2D eigenvalue weighted by Crippen LogP contribution is -2.25. The van der Waals surface area contributed by atoms with Crippen LogP contribution in [0.2, 0.25) is 0 Å². The molecule has 1 aliphatic carbocycles. The molecule has 0 aromatic carbocycles. The first-order chi connectivity index (χ1) is 14.6. The second-order valence-corrected chi connectivity index (χ2v) is 7.44. The molecule has 0 fully saturated rings. The van der Waals surface area contributed by atoms with Crippen molar-refractivity contribution in [2.24, 2.45) is 0 Å². The zero-order valence-electron chi connectivity index (χ0n) is 18.4. The number of aromatic nitrogens is 1. The van der Waals surface area contributed by atoms with Crippen LogP contribution in [0.15, 0.2) is 47.2 Å². The molecule has 0 saturated carbocycles. The van der Waals surface area contributed by atoms with E-state index in [1.807, 2.05) is 12.1 Å². The second-order valence-electron chi connectivity index (χ2n) is 7.44. The van der Waals surface area contributed by atoms with Gasteiger partial charge in [0.15, 0.2) is 0 Å². The summed E-state index contributed by atoms with van der Waals surface area (Å²) < 4.78 is 15.8. The Bertz CT molecular complexity index is 767. The van der Waals surface area contributed by atoms with E-state index in [-0.39, 0.29) is 23.1 Å². The van der Waals surface area contributed by atoms with Gasteiger partial charge in [-0.15, -0.1) is 0 Å². The van der Waals surface area contributed by atoms with Crippen LogP contribution in [0.3, 0.4) is 0 Å². The minimum Gasteiger partial charge on any atom is -0.492 e. The van der Waals surface area contributed by atoms with Gasteiger partial charge in [-0.3, -0.25) is 14.6 Å². The number of unbranched alkanes of at least 4 members (excludes halogenated alkanes) is 7. The van der Waals surface area contributed by atoms with Crippen molar-refractivity contribution in [3.8, 4) is 5.75 Å². The predicted octanol–water partition coefficient (Wildman–Crippen LogP) is 4.94. The van der Waals surface area contributed by atoms with E-state index in [0.717, 1.165) is 44.5 Å². The van der Waals surface area contributed by atoms with Gasteiger partial charge in [0.1, 0.15) is 5.75 Å². The SMILES string of the molecule is COC1=C(OC)C(=O)C(CCCCCCCCCCOc2cccnc2)=C(C)C1=O. The monoisotopic (exact) mass is 415 g/mol. The van der Waals surface area contributed by atoms with Crippen molar-refractivity contribution in [1.82, 2.24) is 4.98 Å². The maximum Gasteiger partial charge on any atom is 0.228 e. The van der Waals surface area contributed by atoms with E-state index >= 15 is 0 Å². The molecule has 0 atom stereocenters. The van der Waals surface area contributed by atoms with Gasteiger partial charge < -0.3 is 14.2 Å². The van der Waals surface area contributed by atoms with Crippen LogP contribution in [-0.4, -0.2) is 37.4 Å². The largest absolute Gasteiger partial charge is 0.492 e. The Morgan fingerprint density at radius 2 is 1.43 bits per heavy atom. The average molecular weight is 416 g/mol. The van der Waals surface area contributed by atoms with E-state index < -0.39 is 0 Å². The normalized spacial score (nSPS) is 14.4. The van der Waals surface area contributed by atoms with Gasteiger partial charge >= 0.3 is 0 Å². The summed E-state index contributed by atoms with van der Waals surface area (Å²) in [4.78, 5) is 29.0. The first-order valence-electron chi connectivity index (χ1n) is 10.7. The van der Waals surface area contributed by atoms with Gasteiger partial charge in [-0.05, 0) is 38.3 Å². The highest BCUT2D eigenvalue weighted by molar-refractivity contribution is 6.23. The quantitative estimate of drug-likeness (QED) is 0.316. The summed E-state index contributed by atoms with van der Waals surface area (Å²) in [6.07, 6.45) is 13.0. The van der Waals surface area contributed by atoms with Crippen LogP contribution in [0.5, 0.6) is 5.75 Å². The van der Waals surface area contributed by atoms with Gasteiger partial charge in [-0.25, -0.2) is 0 Å². The molecule has 0 aliphatic heterocycles. The molecule has 0 spiro atoms. The Morgan fingerprint density at radius 1 is 0.833 bits per heavy atom. The molecular formula is C24H33NO5. The minimum absolute atomic E-state index is 0.00888. The number of allylic oxidation sites excluding steroid dienone is 2. The fraction of sp³-hybridized carbons (Fsp3) is 0.542. The summed E-state index contributed by atoms with van der Waals surface area (Å²) in [5, 5.41) is 0. The number of carbonyl (C=O) groups excluding carboxylic acids is 2. The van der Waals surface area contributed by atoms with Gasteiger partial charge in [-0.2, -0.15) is 0 Å². The molecule has 0 N–H and O–H groups in total. The van der Waals surface area contributed by atoms with Crippen LogP contribution < -0.4 is 4.74 Å². The number of nitrogens with zero attached hydrogens (tertiary/aromatic N) is 1. The first-order valence-corrected chi connectivity index (χ1v) is 10.7. The number of pyridine rings is 1. The molecule has 1 aromatic rings. The Labute approximate surface area is 179 Å². The number of hydrogen-bond acceptors (Lipinski definition) is 6. The van der Waals surface area contributed by atoms with Crippen molar-refractivity contribution in [3.63, 3.8) is 0 Å². The number of Topliss-reactive ketones (excluding diaryl/α,β-unsaturated/α-hetero) is 2. The van der Waals surface area contributed by atoms with E-state index in [2.05, 4.69) is 4.98 Å². The number of methoxy groups -OCH3 is 2. The highest BCUT2D eigenvalue weighted by Crippen LogP contribution is 2.28. The smallest absolute Gasteiger partial charge is 0.228 e. The standard InChI is InChI=1S/C24H33NO5/c1-18-20(22(27)24(29-3)23(28-2)21(18)26)14-10-8-6-4-5-7-9-11-16-30-19-13-12-15-25-17-19/h12-13,15,17H,4-11,14,16H2,1-3H3. The molecule has 0 unspecified atom stereocenters. The number of carbonyl (C=O) groups is 2. The van der Waals surface area contributed by atoms with Crippen LogP contribution in [0, 0.1) is 0 Å². The van der Waals surface area contributed by atoms with Crippen molar-refractivity contribution < 1.29 is 23.8 Å². The lowest BCUT2D eigenvalue weighted by Gasteiger charge is -2.20. The number of hydrogen-bond donors (Lipinski definition) is 0. The summed E-state index contributed by atoms with van der Waals surface area (Å²) in [5.74, 6) is 0.383. The molecule has 1 aromatic heterocycles. The van der Waals surface area contributed by atoms with Crippen molar-refractivity contribution in [1.29, 1.82) is 0 Å². The van der Waals surface area contributed by atoms with Crippen LogP contribution in [0.4, 0.5) is 0 Å². The minimum atomic E-state index is -0.253. The van der Waals surface area contributed by atoms with Crippen LogP contribution in [0.1, 0.15) is 64.7 Å². The summed E-state index contributed by atoms with van der Waals surface area (Å²) in [6.45, 7) is 2.43. The van der Waals surface area contributed by atoms with Gasteiger partial charge in [0.25, 0.3) is 0 Å². The van der Waals surface area contributed by atoms with E-state index in [9.17, 15) is 9.59 Å². The zero-order valence-corrected chi connectivity index (χ0v) is 18.4. The topological polar surface area (TPSA) is 74.7 Å². The van der Waals surface area contributed by atoms with Gasteiger partial charge in [0.05, 0.1) is 27.0 Å². The lowest BCUT2D eigenvalue weighted by atomic mass is 9.89. The zero-order chi connectivity index (χ0) is 21.8. The van der Waals surface area contributed by atoms with Crippen molar-refractivity contribution in [2.75, 3.05) is 20.8 Å². The molecule has 30 heavy (non-hydrogen) atoms. The molecule has 0 amide bonds. The number of ether oxygens (including phenoxy) is 3. The maximum absolute atomic E-state index is 12.6. The Morgan fingerprint density at radius 3 is 2.03 bits per heavy atom. The fourth-order valence-corrected chi connectivity index (χ4v) is 3.58. The van der Waals surface area contributed by atoms with Gasteiger partial charge in [0.2, 0.25) is 23.1 Å². The van der Waals surface area contributed by atoms with Crippen molar-refractivity contribution >= 4 is 11.6 Å². The summed E-state index contributed by atoms with van der Waals surface area (Å²) in [5.41, 5.74) is 1.04. The molecule has 6 heteroatoms. The Hall–Kier alpha value is -2.63. The maximum atomic E-state index is 12.6. The third-order valence-electron chi connectivity index (χ3n) is 5.32. The average Bonchev–Trinajstić information content (AvgIpc) is 2.77. The van der Waals surface area contributed by atoms with Crippen molar-refractivity contribution in [2.45, 2.75) is 64.7 Å². The molecule has 1 heterocycles. The third-order valence-corrected chi connectivity index (χ3v) is 5.32. The first kappa shape index (κ1) is 23.6. The molecular weight excluding hydrogens is 382 g/mol. The fourth-order valence-electron chi connectivity index (χ4n) is 3.58. The van der Waals surface area contributed by atoms with E-state index in [0.29, 0.717) is 17.6 Å². The molecule has 6 nitrogen and oxygen atoms in total. The molecule has 164 valence electrons. The molecule has 2 rings (SSSR count).